The first-order valence-corrected chi connectivity index (χ1v) is 18.7. The molecule has 2 saturated heterocycles. The van der Waals surface area contributed by atoms with Gasteiger partial charge in [-0.25, -0.2) is 9.69 Å². The van der Waals surface area contributed by atoms with Gasteiger partial charge in [0.05, 0.1) is 44.9 Å². The lowest BCUT2D eigenvalue weighted by molar-refractivity contribution is -0.137. The van der Waals surface area contributed by atoms with Gasteiger partial charge >= 0.3 is 6.18 Å². The molecule has 2 aliphatic rings. The Morgan fingerprint density at radius 3 is 2.36 bits per heavy atom. The zero-order valence-corrected chi connectivity index (χ0v) is 29.5. The number of ether oxygens (including phenoxy) is 1. The fraction of sp³-hybridized carbons (Fsp3) is 0.333. The van der Waals surface area contributed by atoms with Crippen LogP contribution in [0.2, 0.25) is 10.0 Å². The minimum atomic E-state index is -4.46. The molecule has 2 aliphatic heterocycles. The Kier molecular flexibility index (Phi) is 11.2. The van der Waals surface area contributed by atoms with Crippen LogP contribution in [0.5, 0.6) is 0 Å². The lowest BCUT2D eigenvalue weighted by atomic mass is 10.1. The molecule has 2 aromatic carbocycles. The Bertz CT molecular complexity index is 2030. The molecule has 0 spiro atoms. The highest BCUT2D eigenvalue weighted by molar-refractivity contribution is 7.87. The number of carbonyl (C=O) groups excluding carboxylic acids is 1. The first-order chi connectivity index (χ1) is 23.9. The average Bonchev–Trinajstić information content (AvgIpc) is 3.72. The number of aromatic nitrogens is 2. The molecule has 0 unspecified atom stereocenters. The average molecular weight is 768 g/mol. The summed E-state index contributed by atoms with van der Waals surface area (Å²) in [5.41, 5.74) is 3.63. The normalized spacial score (nSPS) is 16.2. The van der Waals surface area contributed by atoms with Gasteiger partial charge in [-0.05, 0) is 67.4 Å². The summed E-state index contributed by atoms with van der Waals surface area (Å²) in [5.74, 6) is 5.36. The van der Waals surface area contributed by atoms with Crippen molar-refractivity contribution in [1.82, 2.24) is 29.2 Å². The number of halogens is 5. The summed E-state index contributed by atoms with van der Waals surface area (Å²) in [6.07, 6.45) is -1.57. The Labute approximate surface area is 301 Å². The van der Waals surface area contributed by atoms with E-state index in [0.717, 1.165) is 31.4 Å². The van der Waals surface area contributed by atoms with E-state index >= 15 is 0 Å². The van der Waals surface area contributed by atoms with Crippen LogP contribution in [0.4, 0.5) is 13.2 Å². The maximum absolute atomic E-state index is 13.9. The monoisotopic (exact) mass is 766 g/mol. The number of thiophene rings is 1. The summed E-state index contributed by atoms with van der Waals surface area (Å²) in [5, 5.41) is 7.16. The predicted octanol–water partition coefficient (Wildman–Crippen LogP) is 6.12. The third-order valence-corrected chi connectivity index (χ3v) is 11.2. The summed E-state index contributed by atoms with van der Waals surface area (Å²) in [4.78, 5) is 15.0. The van der Waals surface area contributed by atoms with Crippen LogP contribution >= 0.6 is 34.5 Å². The van der Waals surface area contributed by atoms with Gasteiger partial charge in [0.1, 0.15) is 0 Å². The number of alkyl halides is 3. The molecule has 1 amide bonds. The fourth-order valence-corrected chi connectivity index (χ4v) is 8.08. The molecule has 17 heteroatoms. The topological polar surface area (TPSA) is 109 Å². The molecule has 4 heterocycles. The number of nitrogens with zero attached hydrogens (tertiary/aromatic N) is 4. The van der Waals surface area contributed by atoms with Crippen LogP contribution in [-0.2, 0) is 27.7 Å². The zero-order chi connectivity index (χ0) is 35.5. The molecule has 6 rings (SSSR count). The summed E-state index contributed by atoms with van der Waals surface area (Å²) >= 11 is 14.1. The molecule has 0 atom stereocenters. The number of amides is 1. The first-order valence-electron chi connectivity index (χ1n) is 15.6. The molecule has 0 bridgehead atoms. The van der Waals surface area contributed by atoms with Gasteiger partial charge in [0.2, 0.25) is 0 Å². The second-order valence-electron chi connectivity index (χ2n) is 11.5. The van der Waals surface area contributed by atoms with Gasteiger partial charge in [-0.1, -0.05) is 41.5 Å². The first kappa shape index (κ1) is 36.3. The van der Waals surface area contributed by atoms with Crippen molar-refractivity contribution >= 4 is 50.7 Å². The number of hydrogen-bond acceptors (Lipinski definition) is 7. The number of hydrogen-bond donors (Lipinski definition) is 2. The van der Waals surface area contributed by atoms with Gasteiger partial charge in [-0.15, -0.1) is 11.3 Å². The second kappa shape index (κ2) is 15.4. The highest BCUT2D eigenvalue weighted by atomic mass is 35.5. The highest BCUT2D eigenvalue weighted by Gasteiger charge is 2.31. The third-order valence-electron chi connectivity index (χ3n) is 8.08. The Hall–Kier alpha value is -3.46. The van der Waals surface area contributed by atoms with Crippen LogP contribution < -0.4 is 10.1 Å². The number of nitrogens with one attached hydrogen (secondary N) is 2. The molecule has 4 aromatic rings. The number of piperidine rings is 1. The van der Waals surface area contributed by atoms with Gasteiger partial charge in [0.25, 0.3) is 16.1 Å². The molecule has 0 aliphatic carbocycles. The van der Waals surface area contributed by atoms with E-state index in [2.05, 4.69) is 22.0 Å². The molecule has 50 heavy (non-hydrogen) atoms. The van der Waals surface area contributed by atoms with E-state index in [1.165, 1.54) is 38.5 Å². The van der Waals surface area contributed by atoms with Crippen LogP contribution in [0.1, 0.15) is 51.3 Å². The van der Waals surface area contributed by atoms with E-state index in [4.69, 9.17) is 33.0 Å². The molecular weight excluding hydrogens is 736 g/mol. The van der Waals surface area contributed by atoms with E-state index < -0.39 is 27.9 Å². The molecule has 10 nitrogen and oxygen atoms in total. The van der Waals surface area contributed by atoms with Gasteiger partial charge in [0.15, 0.2) is 5.69 Å². The molecule has 2 aromatic heterocycles. The number of benzene rings is 2. The Morgan fingerprint density at radius 1 is 0.960 bits per heavy atom. The standard InChI is InChI=1S/C33H31Cl2F3N6O4S2/c34-24-9-12-28(27(35)20-24)44-31(29-13-11-25(49-29)10-6-22-4-7-23(8-5-22)33(36,37)38)26(21-39-50(46,47)43-16-18-48-19-17-43)30(40-44)32(45)41-42-14-2-1-3-15-42/h4-5,7-9,11-13,20,39H,1-3,14-19,21H2,(H,41,45). The Morgan fingerprint density at radius 2 is 1.68 bits per heavy atom. The maximum Gasteiger partial charge on any atom is 0.416 e. The lowest BCUT2D eigenvalue weighted by Gasteiger charge is -2.27. The molecule has 0 radical (unpaired) electrons. The smallest absolute Gasteiger partial charge is 0.379 e. The van der Waals surface area contributed by atoms with E-state index in [1.807, 2.05) is 5.01 Å². The van der Waals surface area contributed by atoms with Crippen molar-refractivity contribution in [3.05, 3.63) is 91.9 Å². The number of hydrazine groups is 1. The predicted molar refractivity (Wildman–Crippen MR) is 185 cm³/mol. The SMILES string of the molecule is O=C(NN1CCCCC1)c1nn(-c2ccc(Cl)cc2Cl)c(-c2ccc(C#Cc3ccc(C(F)(F)F)cc3)s2)c1CNS(=O)(=O)N1CCOCC1. The van der Waals surface area contributed by atoms with Crippen molar-refractivity contribution in [3.8, 4) is 28.1 Å². The van der Waals surface area contributed by atoms with E-state index in [-0.39, 0.29) is 43.6 Å². The Balaban J connectivity index is 1.43. The molecule has 2 N–H and O–H groups in total. The molecule has 2 fully saturated rings. The van der Waals surface area contributed by atoms with E-state index in [1.54, 1.807) is 24.3 Å². The van der Waals surface area contributed by atoms with Crippen molar-refractivity contribution in [1.29, 1.82) is 0 Å². The van der Waals surface area contributed by atoms with Crippen molar-refractivity contribution < 1.29 is 31.1 Å². The van der Waals surface area contributed by atoms with E-state index in [9.17, 15) is 26.4 Å². The minimum absolute atomic E-state index is 0.00736. The van der Waals surface area contributed by atoms with Gasteiger partial charge in [-0.2, -0.15) is 35.7 Å². The van der Waals surface area contributed by atoms with Crippen LogP contribution in [0.15, 0.2) is 54.6 Å². The molecule has 264 valence electrons. The quantitative estimate of drug-likeness (QED) is 0.209. The third kappa shape index (κ3) is 8.52. The van der Waals surface area contributed by atoms with Gasteiger partial charge < -0.3 is 4.74 Å². The zero-order valence-electron chi connectivity index (χ0n) is 26.4. The fourth-order valence-electron chi connectivity index (χ4n) is 5.53. The van der Waals surface area contributed by atoms with Crippen molar-refractivity contribution in [2.45, 2.75) is 32.0 Å². The van der Waals surface area contributed by atoms with Gasteiger partial charge in [0, 0.05) is 48.9 Å². The van der Waals surface area contributed by atoms with Crippen molar-refractivity contribution in [3.63, 3.8) is 0 Å². The van der Waals surface area contributed by atoms with Crippen LogP contribution in [-0.4, -0.2) is 72.8 Å². The summed E-state index contributed by atoms with van der Waals surface area (Å²) in [6.45, 7) is 1.90. The second-order valence-corrected chi connectivity index (χ2v) is 15.2. The molecular formula is C33H31Cl2F3N6O4S2. The minimum Gasteiger partial charge on any atom is -0.379 e. The lowest BCUT2D eigenvalue weighted by Crippen LogP contribution is -2.47. The number of rotatable bonds is 8. The summed E-state index contributed by atoms with van der Waals surface area (Å²) in [7, 11) is -3.97. The largest absolute Gasteiger partial charge is 0.416 e. The molecule has 0 saturated carbocycles. The van der Waals surface area contributed by atoms with Crippen molar-refractivity contribution in [2.24, 2.45) is 0 Å². The number of carbonyl (C=O) groups is 1. The van der Waals surface area contributed by atoms with Crippen LogP contribution in [0.3, 0.4) is 0 Å². The van der Waals surface area contributed by atoms with Crippen molar-refractivity contribution in [2.75, 3.05) is 39.4 Å². The summed E-state index contributed by atoms with van der Waals surface area (Å²) < 4.78 is 76.6. The van der Waals surface area contributed by atoms with Crippen LogP contribution in [0.25, 0.3) is 16.3 Å². The summed E-state index contributed by atoms with van der Waals surface area (Å²) in [6, 6.07) is 12.8. The number of morpholine rings is 1. The van der Waals surface area contributed by atoms with Gasteiger partial charge in [-0.3, -0.25) is 10.2 Å². The van der Waals surface area contributed by atoms with Crippen LogP contribution in [0, 0.1) is 11.8 Å². The maximum atomic E-state index is 13.9. The van der Waals surface area contributed by atoms with E-state index in [0.29, 0.717) is 50.4 Å². The highest BCUT2D eigenvalue weighted by Crippen LogP contribution is 2.37.